The molecule has 0 spiro atoms. The van der Waals surface area contributed by atoms with E-state index >= 15 is 0 Å². The number of nitrogens with zero attached hydrogens (tertiary/aromatic N) is 5. The van der Waals surface area contributed by atoms with Gasteiger partial charge in [-0.25, -0.2) is 13.2 Å². The smallest absolute Gasteiger partial charge is 0.332 e. The summed E-state index contributed by atoms with van der Waals surface area (Å²) in [6.07, 6.45) is 2.09. The van der Waals surface area contributed by atoms with Crippen LogP contribution in [-0.4, -0.2) is 54.9 Å². The van der Waals surface area contributed by atoms with Crippen LogP contribution in [0.2, 0.25) is 0 Å². The zero-order valence-corrected chi connectivity index (χ0v) is 19.1. The molecule has 13 heteroatoms. The zero-order valence-electron chi connectivity index (χ0n) is 17.4. The van der Waals surface area contributed by atoms with E-state index in [0.29, 0.717) is 23.9 Å². The van der Waals surface area contributed by atoms with Crippen molar-refractivity contribution >= 4 is 33.2 Å². The Morgan fingerprint density at radius 1 is 1.32 bits per heavy atom. The number of carbonyl (C=O) groups excluding carboxylic acids is 1. The summed E-state index contributed by atoms with van der Waals surface area (Å²) in [4.78, 5) is 37.5. The predicted molar refractivity (Wildman–Crippen MR) is 117 cm³/mol. The fraction of sp³-hybridized carbons (Fsp3) is 0.500. The van der Waals surface area contributed by atoms with Crippen molar-refractivity contribution in [2.45, 2.75) is 36.2 Å². The minimum absolute atomic E-state index is 0.00600. The van der Waals surface area contributed by atoms with Crippen molar-refractivity contribution in [3.05, 3.63) is 44.9 Å². The fourth-order valence-electron chi connectivity index (χ4n) is 3.49. The Labute approximate surface area is 182 Å². The number of Topliss-reactive ketones (excluding diaryl/α,β-unsaturated/α-hetero) is 1. The first-order valence-corrected chi connectivity index (χ1v) is 12.2. The summed E-state index contributed by atoms with van der Waals surface area (Å²) >= 11 is 1.08. The Kier molecular flexibility index (Phi) is 6.28. The highest BCUT2D eigenvalue weighted by Gasteiger charge is 2.34. The number of nitrogen functional groups attached to an aromatic ring is 1. The van der Waals surface area contributed by atoms with Gasteiger partial charge < -0.3 is 10.3 Å². The third-order valence-corrected chi connectivity index (χ3v) is 8.11. The molecule has 2 N–H and O–H groups in total. The summed E-state index contributed by atoms with van der Waals surface area (Å²) in [7, 11) is -0.444. The van der Waals surface area contributed by atoms with Gasteiger partial charge in [-0.1, -0.05) is 17.8 Å². The van der Waals surface area contributed by atoms with Crippen LogP contribution >= 0.6 is 11.8 Å². The van der Waals surface area contributed by atoms with E-state index in [4.69, 9.17) is 5.73 Å². The van der Waals surface area contributed by atoms with Crippen LogP contribution < -0.4 is 17.0 Å². The van der Waals surface area contributed by atoms with Crippen LogP contribution in [0.1, 0.15) is 35.4 Å². The minimum Gasteiger partial charge on any atom is -0.384 e. The molecule has 1 aliphatic heterocycles. The molecule has 1 fully saturated rings. The second kappa shape index (κ2) is 8.46. The lowest BCUT2D eigenvalue weighted by molar-refractivity contribution is 0.0992. The number of nitrogens with two attached hydrogens (primary N) is 1. The monoisotopic (exact) mass is 468 g/mol. The Bertz CT molecular complexity index is 1270. The molecule has 0 bridgehead atoms. The van der Waals surface area contributed by atoms with Gasteiger partial charge in [0.25, 0.3) is 5.56 Å². The lowest BCUT2D eigenvalue weighted by atomic mass is 10.1. The van der Waals surface area contributed by atoms with Crippen molar-refractivity contribution < 1.29 is 13.2 Å². The Morgan fingerprint density at radius 3 is 2.58 bits per heavy atom. The van der Waals surface area contributed by atoms with E-state index in [0.717, 1.165) is 20.9 Å². The Morgan fingerprint density at radius 2 is 2.00 bits per heavy atom. The lowest BCUT2D eigenvalue weighted by Gasteiger charge is -2.15. The van der Waals surface area contributed by atoms with Crippen molar-refractivity contribution in [3.63, 3.8) is 0 Å². The molecule has 168 valence electrons. The van der Waals surface area contributed by atoms with E-state index in [1.807, 2.05) is 0 Å². The molecule has 1 aliphatic rings. The van der Waals surface area contributed by atoms with Crippen LogP contribution in [0.4, 0.5) is 5.82 Å². The average molecular weight is 469 g/mol. The molecule has 0 radical (unpaired) electrons. The number of hydrogen-bond donors (Lipinski definition) is 1. The van der Waals surface area contributed by atoms with Gasteiger partial charge in [0.1, 0.15) is 17.2 Å². The molecule has 0 aromatic carbocycles. The van der Waals surface area contributed by atoms with Gasteiger partial charge in [0, 0.05) is 26.6 Å². The molecular weight excluding hydrogens is 444 g/mol. The summed E-state index contributed by atoms with van der Waals surface area (Å²) in [5, 5.41) is 7.96. The third-order valence-electron chi connectivity index (χ3n) is 5.26. The second-order valence-electron chi connectivity index (χ2n) is 7.43. The first-order chi connectivity index (χ1) is 14.5. The van der Waals surface area contributed by atoms with E-state index in [-0.39, 0.29) is 28.8 Å². The van der Waals surface area contributed by atoms with Crippen molar-refractivity contribution in [1.29, 1.82) is 0 Å². The molecule has 2 aromatic rings. The number of hydrogen-bond acceptors (Lipinski definition) is 9. The summed E-state index contributed by atoms with van der Waals surface area (Å²) in [6.45, 7) is 5.66. The van der Waals surface area contributed by atoms with E-state index in [1.54, 1.807) is 17.6 Å². The van der Waals surface area contributed by atoms with Crippen LogP contribution in [0.3, 0.4) is 0 Å². The van der Waals surface area contributed by atoms with E-state index < -0.39 is 32.1 Å². The van der Waals surface area contributed by atoms with Crippen molar-refractivity contribution in [3.8, 4) is 0 Å². The van der Waals surface area contributed by atoms with Crippen molar-refractivity contribution in [2.75, 3.05) is 17.2 Å². The number of allylic oxidation sites excluding steroid dienone is 1. The number of rotatable bonds is 7. The van der Waals surface area contributed by atoms with Gasteiger partial charge in [0.2, 0.25) is 0 Å². The maximum atomic E-state index is 13.0. The number of aromatic nitrogens is 5. The SMILES string of the molecule is C=CCn1c(S[C@H](C)C(=O)c2c(N)n(C)c(=O)n(C)c2=O)nnc1[C@@H]1CCS(=O)(=O)C1. The first kappa shape index (κ1) is 23.0. The third kappa shape index (κ3) is 4.24. The molecule has 3 rings (SSSR count). The van der Waals surface area contributed by atoms with Gasteiger partial charge in [-0.15, -0.1) is 16.8 Å². The van der Waals surface area contributed by atoms with Crippen LogP contribution in [0.25, 0.3) is 0 Å². The normalized spacial score (nSPS) is 18.7. The lowest BCUT2D eigenvalue weighted by Crippen LogP contribution is -2.42. The maximum absolute atomic E-state index is 13.0. The Balaban J connectivity index is 1.93. The van der Waals surface area contributed by atoms with Crippen LogP contribution in [0.15, 0.2) is 27.4 Å². The maximum Gasteiger partial charge on any atom is 0.332 e. The molecule has 0 unspecified atom stereocenters. The highest BCUT2D eigenvalue weighted by atomic mass is 32.2. The number of ketones is 1. The summed E-state index contributed by atoms with van der Waals surface area (Å²) < 4.78 is 27.3. The van der Waals surface area contributed by atoms with E-state index in [2.05, 4.69) is 16.8 Å². The Hall–Kier alpha value is -2.67. The number of thioether (sulfide) groups is 1. The molecule has 2 atom stereocenters. The predicted octanol–water partition coefficient (Wildman–Crippen LogP) is -0.291. The number of sulfone groups is 1. The molecule has 2 aromatic heterocycles. The molecule has 0 aliphatic carbocycles. The van der Waals surface area contributed by atoms with Crippen LogP contribution in [0.5, 0.6) is 0 Å². The van der Waals surface area contributed by atoms with Crippen molar-refractivity contribution in [2.24, 2.45) is 14.1 Å². The van der Waals surface area contributed by atoms with Gasteiger partial charge >= 0.3 is 5.69 Å². The topological polar surface area (TPSA) is 152 Å². The molecule has 3 heterocycles. The average Bonchev–Trinajstić information content (AvgIpc) is 3.27. The summed E-state index contributed by atoms with van der Waals surface area (Å²) in [5.41, 5.74) is 4.24. The van der Waals surface area contributed by atoms with Gasteiger partial charge in [0.05, 0.1) is 16.8 Å². The number of carbonyl (C=O) groups is 1. The molecule has 11 nitrogen and oxygen atoms in total. The standard InChI is InChI=1S/C18H24N6O5S2/c1-5-7-24-15(11-6-8-31(28,29)9-11)20-21-17(24)30-10(2)13(25)12-14(19)22(3)18(27)23(4)16(12)26/h5,10-11H,1,6-9,19H2,2-4H3/t10-,11-/m1/s1. The summed E-state index contributed by atoms with van der Waals surface area (Å²) in [5.74, 6) is -0.381. The molecule has 31 heavy (non-hydrogen) atoms. The first-order valence-electron chi connectivity index (χ1n) is 9.49. The summed E-state index contributed by atoms with van der Waals surface area (Å²) in [6, 6.07) is 0. The quantitative estimate of drug-likeness (QED) is 0.328. The fourth-order valence-corrected chi connectivity index (χ4v) is 6.16. The van der Waals surface area contributed by atoms with E-state index in [9.17, 15) is 22.8 Å². The number of anilines is 1. The van der Waals surface area contributed by atoms with Gasteiger partial charge in [-0.05, 0) is 13.3 Å². The van der Waals surface area contributed by atoms with Crippen LogP contribution in [-0.2, 0) is 30.5 Å². The highest BCUT2D eigenvalue weighted by Crippen LogP contribution is 2.32. The van der Waals surface area contributed by atoms with Gasteiger partial charge in [-0.3, -0.25) is 18.7 Å². The van der Waals surface area contributed by atoms with Gasteiger partial charge in [0.15, 0.2) is 20.8 Å². The second-order valence-corrected chi connectivity index (χ2v) is 11.0. The molecular formula is C18H24N6O5S2. The van der Waals surface area contributed by atoms with Crippen LogP contribution in [0, 0.1) is 0 Å². The minimum atomic E-state index is -3.11. The molecule has 1 saturated heterocycles. The largest absolute Gasteiger partial charge is 0.384 e. The highest BCUT2D eigenvalue weighted by molar-refractivity contribution is 8.00. The molecule has 0 amide bonds. The van der Waals surface area contributed by atoms with Gasteiger partial charge in [-0.2, -0.15) is 0 Å². The zero-order chi connectivity index (χ0) is 23.1. The van der Waals surface area contributed by atoms with E-state index in [1.165, 1.54) is 14.1 Å². The molecule has 0 saturated carbocycles. The van der Waals surface area contributed by atoms with Crippen molar-refractivity contribution in [1.82, 2.24) is 23.9 Å².